The summed E-state index contributed by atoms with van der Waals surface area (Å²) in [6.45, 7) is 2.49. The van der Waals surface area contributed by atoms with E-state index in [9.17, 15) is 0 Å². The molecule has 0 amide bonds. The summed E-state index contributed by atoms with van der Waals surface area (Å²) in [5.41, 5.74) is 0.956. The van der Waals surface area contributed by atoms with Crippen LogP contribution < -0.4 is 20.1 Å². The number of nitrogens with one attached hydrogen (secondary N) is 2. The van der Waals surface area contributed by atoms with Crippen LogP contribution in [0.3, 0.4) is 0 Å². The highest BCUT2D eigenvalue weighted by atomic mass is 32.1. The molecule has 22 heavy (non-hydrogen) atoms. The zero-order chi connectivity index (χ0) is 15.8. The molecule has 0 bridgehead atoms. The van der Waals surface area contributed by atoms with Gasteiger partial charge in [0.05, 0.1) is 13.2 Å². The second kappa shape index (κ2) is 8.24. The van der Waals surface area contributed by atoms with Gasteiger partial charge in [-0.25, -0.2) is 0 Å². The first-order valence-corrected chi connectivity index (χ1v) is 7.48. The third kappa shape index (κ3) is 4.93. The monoisotopic (exact) mass is 316 g/mol. The van der Waals surface area contributed by atoms with Gasteiger partial charge in [-0.3, -0.25) is 0 Å². The predicted molar refractivity (Wildman–Crippen MR) is 93.7 cm³/mol. The largest absolute Gasteiger partial charge is 0.493 e. The normalized spacial score (nSPS) is 11.4. The average Bonchev–Trinajstić information content (AvgIpc) is 2.54. The second-order valence-corrected chi connectivity index (χ2v) is 5.24. The number of hydrogen-bond acceptors (Lipinski definition) is 3. The lowest BCUT2D eigenvalue weighted by atomic mass is 10.3. The molecule has 4 nitrogen and oxygen atoms in total. The first-order valence-electron chi connectivity index (χ1n) is 7.07. The second-order valence-electron chi connectivity index (χ2n) is 4.83. The molecular weight excluding hydrogens is 296 g/mol. The number of thiocarbonyl (C=S) groups is 1. The van der Waals surface area contributed by atoms with E-state index in [4.69, 9.17) is 21.7 Å². The average molecular weight is 316 g/mol. The minimum atomic E-state index is 0.0635. The first-order chi connectivity index (χ1) is 10.7. The van der Waals surface area contributed by atoms with Gasteiger partial charge >= 0.3 is 0 Å². The Morgan fingerprint density at radius 1 is 1.05 bits per heavy atom. The maximum atomic E-state index is 5.77. The lowest BCUT2D eigenvalue weighted by Crippen LogP contribution is -2.39. The van der Waals surface area contributed by atoms with E-state index in [1.54, 1.807) is 7.11 Å². The molecule has 2 N–H and O–H groups in total. The number of benzene rings is 2. The quantitative estimate of drug-likeness (QED) is 0.799. The van der Waals surface area contributed by atoms with Gasteiger partial charge in [-0.1, -0.05) is 30.3 Å². The minimum Gasteiger partial charge on any atom is -0.493 e. The zero-order valence-corrected chi connectivity index (χ0v) is 13.5. The van der Waals surface area contributed by atoms with Crippen LogP contribution in [0.2, 0.25) is 0 Å². The highest BCUT2D eigenvalue weighted by Crippen LogP contribution is 2.25. The fourth-order valence-electron chi connectivity index (χ4n) is 1.91. The Bertz CT molecular complexity index is 605. The Morgan fingerprint density at radius 2 is 1.68 bits per heavy atom. The molecule has 2 aromatic carbocycles. The standard InChI is InChI=1S/C17H20N2O2S/c1-13(12-21-16-11-7-6-10-15(16)20-2)18-17(22)19-14-8-4-3-5-9-14/h3-11,13H,12H2,1-2H3,(H2,18,19,22). The Hall–Kier alpha value is -2.27. The smallest absolute Gasteiger partial charge is 0.171 e. The maximum Gasteiger partial charge on any atom is 0.171 e. The molecule has 1 atom stereocenters. The van der Waals surface area contributed by atoms with E-state index < -0.39 is 0 Å². The van der Waals surface area contributed by atoms with Crippen LogP contribution in [0.1, 0.15) is 6.92 Å². The van der Waals surface area contributed by atoms with Crippen LogP contribution in [0.15, 0.2) is 54.6 Å². The van der Waals surface area contributed by atoms with Gasteiger partial charge in [-0.15, -0.1) is 0 Å². The van der Waals surface area contributed by atoms with Gasteiger partial charge in [-0.05, 0) is 43.4 Å². The van der Waals surface area contributed by atoms with Crippen molar-refractivity contribution >= 4 is 23.0 Å². The Morgan fingerprint density at radius 3 is 2.36 bits per heavy atom. The van der Waals surface area contributed by atoms with E-state index in [-0.39, 0.29) is 6.04 Å². The summed E-state index contributed by atoms with van der Waals surface area (Å²) >= 11 is 5.29. The van der Waals surface area contributed by atoms with Crippen LogP contribution in [-0.4, -0.2) is 24.9 Å². The molecule has 0 spiro atoms. The van der Waals surface area contributed by atoms with Crippen molar-refractivity contribution < 1.29 is 9.47 Å². The molecule has 1 unspecified atom stereocenters. The molecule has 0 radical (unpaired) electrons. The topological polar surface area (TPSA) is 42.5 Å². The molecular formula is C17H20N2O2S. The number of methoxy groups -OCH3 is 1. The van der Waals surface area contributed by atoms with E-state index in [1.165, 1.54) is 0 Å². The van der Waals surface area contributed by atoms with Gasteiger partial charge in [0.2, 0.25) is 0 Å². The number of anilines is 1. The number of ether oxygens (including phenoxy) is 2. The van der Waals surface area contributed by atoms with Crippen LogP contribution in [-0.2, 0) is 0 Å². The van der Waals surface area contributed by atoms with Crippen molar-refractivity contribution in [3.05, 3.63) is 54.6 Å². The van der Waals surface area contributed by atoms with E-state index in [2.05, 4.69) is 10.6 Å². The molecule has 5 heteroatoms. The SMILES string of the molecule is COc1ccccc1OCC(C)NC(=S)Nc1ccccc1. The lowest BCUT2D eigenvalue weighted by molar-refractivity contribution is 0.270. The molecule has 0 heterocycles. The molecule has 2 rings (SSSR count). The molecule has 0 saturated carbocycles. The Balaban J connectivity index is 1.80. The Kier molecular flexibility index (Phi) is 6.03. The van der Waals surface area contributed by atoms with Crippen LogP contribution in [0.25, 0.3) is 0 Å². The Labute approximate surface area is 136 Å². The highest BCUT2D eigenvalue weighted by Gasteiger charge is 2.08. The van der Waals surface area contributed by atoms with Crippen molar-refractivity contribution in [1.29, 1.82) is 0 Å². The van der Waals surface area contributed by atoms with Gasteiger partial charge in [0.25, 0.3) is 0 Å². The molecule has 0 aliphatic carbocycles. The summed E-state index contributed by atoms with van der Waals surface area (Å²) in [5, 5.41) is 6.90. The third-order valence-corrected chi connectivity index (χ3v) is 3.19. The van der Waals surface area contributed by atoms with Crippen molar-refractivity contribution in [2.45, 2.75) is 13.0 Å². The molecule has 0 fully saturated rings. The first kappa shape index (κ1) is 16.1. The fraction of sp³-hybridized carbons (Fsp3) is 0.235. The number of hydrogen-bond donors (Lipinski definition) is 2. The van der Waals surface area contributed by atoms with E-state index >= 15 is 0 Å². The minimum absolute atomic E-state index is 0.0635. The van der Waals surface area contributed by atoms with Gasteiger partial charge in [0.15, 0.2) is 16.6 Å². The van der Waals surface area contributed by atoms with E-state index in [0.29, 0.717) is 11.7 Å². The van der Waals surface area contributed by atoms with Gasteiger partial charge in [-0.2, -0.15) is 0 Å². The molecule has 2 aromatic rings. The van der Waals surface area contributed by atoms with Crippen molar-refractivity contribution in [2.24, 2.45) is 0 Å². The molecule has 0 aliphatic heterocycles. The fourth-order valence-corrected chi connectivity index (χ4v) is 2.23. The van der Waals surface area contributed by atoms with Crippen molar-refractivity contribution in [3.8, 4) is 11.5 Å². The van der Waals surface area contributed by atoms with Crippen molar-refractivity contribution in [2.75, 3.05) is 19.0 Å². The summed E-state index contributed by atoms with van der Waals surface area (Å²) < 4.78 is 11.0. The van der Waals surface area contributed by atoms with Crippen LogP contribution >= 0.6 is 12.2 Å². The van der Waals surface area contributed by atoms with Crippen LogP contribution in [0.4, 0.5) is 5.69 Å². The third-order valence-electron chi connectivity index (χ3n) is 2.97. The molecule has 0 saturated heterocycles. The van der Waals surface area contributed by atoms with Crippen LogP contribution in [0, 0.1) is 0 Å². The van der Waals surface area contributed by atoms with E-state index in [1.807, 2.05) is 61.5 Å². The summed E-state index contributed by atoms with van der Waals surface area (Å²) in [6, 6.07) is 17.4. The zero-order valence-electron chi connectivity index (χ0n) is 12.7. The molecule has 0 aromatic heterocycles. The highest BCUT2D eigenvalue weighted by molar-refractivity contribution is 7.80. The van der Waals surface area contributed by atoms with Gasteiger partial charge < -0.3 is 20.1 Å². The lowest BCUT2D eigenvalue weighted by Gasteiger charge is -2.18. The van der Waals surface area contributed by atoms with Gasteiger partial charge in [0, 0.05) is 5.69 Å². The van der Waals surface area contributed by atoms with Gasteiger partial charge in [0.1, 0.15) is 6.61 Å². The maximum absolute atomic E-state index is 5.77. The van der Waals surface area contributed by atoms with Crippen LogP contribution in [0.5, 0.6) is 11.5 Å². The van der Waals surface area contributed by atoms with E-state index in [0.717, 1.165) is 17.2 Å². The summed E-state index contributed by atoms with van der Waals surface area (Å²) in [6.07, 6.45) is 0. The summed E-state index contributed by atoms with van der Waals surface area (Å²) in [5.74, 6) is 1.44. The molecule has 0 aliphatic rings. The summed E-state index contributed by atoms with van der Waals surface area (Å²) in [4.78, 5) is 0. The van der Waals surface area contributed by atoms with Crippen molar-refractivity contribution in [1.82, 2.24) is 5.32 Å². The number of rotatable bonds is 6. The van der Waals surface area contributed by atoms with Crippen molar-refractivity contribution in [3.63, 3.8) is 0 Å². The summed E-state index contributed by atoms with van der Waals surface area (Å²) in [7, 11) is 1.63. The predicted octanol–water partition coefficient (Wildman–Crippen LogP) is 3.45. The number of para-hydroxylation sites is 3. The molecule has 116 valence electrons.